The first kappa shape index (κ1) is 15.2. The second-order valence-electron chi connectivity index (χ2n) is 3.81. The summed E-state index contributed by atoms with van der Waals surface area (Å²) >= 11 is 0. The van der Waals surface area contributed by atoms with Gasteiger partial charge in [-0.1, -0.05) is 0 Å². The molecule has 0 saturated heterocycles. The van der Waals surface area contributed by atoms with Gasteiger partial charge in [0.2, 0.25) is 5.91 Å². The van der Waals surface area contributed by atoms with E-state index in [9.17, 15) is 14.4 Å². The summed E-state index contributed by atoms with van der Waals surface area (Å²) in [6, 6.07) is -1.54. The highest BCUT2D eigenvalue weighted by atomic mass is 16.4. The lowest BCUT2D eigenvalue weighted by molar-refractivity contribution is -0.138. The quantitative estimate of drug-likeness (QED) is 0.688. The molecule has 0 heterocycles. The van der Waals surface area contributed by atoms with E-state index in [1.807, 2.05) is 0 Å². The van der Waals surface area contributed by atoms with Gasteiger partial charge in [-0.05, 0) is 13.8 Å². The minimum Gasteiger partial charge on any atom is -0.480 e. The highest BCUT2D eigenvalue weighted by Gasteiger charge is 2.20. The molecule has 1 unspecified atom stereocenters. The second kappa shape index (κ2) is 6.72. The van der Waals surface area contributed by atoms with E-state index in [0.717, 1.165) is 0 Å². The molecular weight excluding hydrogens is 226 g/mol. The fourth-order valence-corrected chi connectivity index (χ4v) is 0.970. The third kappa shape index (κ3) is 5.19. The number of amides is 3. The largest absolute Gasteiger partial charge is 0.480 e. The van der Waals surface area contributed by atoms with E-state index in [4.69, 9.17) is 5.11 Å². The Hall–Kier alpha value is -1.79. The van der Waals surface area contributed by atoms with Gasteiger partial charge in [0.1, 0.15) is 12.6 Å². The summed E-state index contributed by atoms with van der Waals surface area (Å²) in [5, 5.41) is 10.9. The molecule has 3 amide bonds. The number of aliphatic carboxylic acids is 1. The summed E-state index contributed by atoms with van der Waals surface area (Å²) in [6.07, 6.45) is 0. The number of nitrogens with one attached hydrogen (secondary N) is 1. The fourth-order valence-electron chi connectivity index (χ4n) is 0.970. The third-order valence-electron chi connectivity index (χ3n) is 2.20. The van der Waals surface area contributed by atoms with Crippen molar-refractivity contribution in [3.8, 4) is 0 Å². The molecule has 0 aliphatic heterocycles. The Kier molecular flexibility index (Phi) is 6.01. The standard InChI is InChI=1S/C10H19N3O4/c1-5-13(6-8(14)12(3)4)10(17)11-7(2)9(15)16/h7H,5-6H2,1-4H3,(H,11,17)(H,15,16). The van der Waals surface area contributed by atoms with Crippen LogP contribution in [0.4, 0.5) is 4.79 Å². The highest BCUT2D eigenvalue weighted by Crippen LogP contribution is 1.94. The topological polar surface area (TPSA) is 90.0 Å². The van der Waals surface area contributed by atoms with Gasteiger partial charge in [0, 0.05) is 20.6 Å². The van der Waals surface area contributed by atoms with E-state index in [-0.39, 0.29) is 12.5 Å². The lowest BCUT2D eigenvalue weighted by Gasteiger charge is -2.23. The Balaban J connectivity index is 4.41. The molecule has 0 rings (SSSR count). The number of likely N-dealkylation sites (N-methyl/N-ethyl adjacent to an activating group) is 2. The number of carbonyl (C=O) groups excluding carboxylic acids is 2. The number of carboxylic acids is 1. The molecule has 1 atom stereocenters. The lowest BCUT2D eigenvalue weighted by atomic mass is 10.3. The van der Waals surface area contributed by atoms with E-state index in [1.54, 1.807) is 21.0 Å². The van der Waals surface area contributed by atoms with Gasteiger partial charge in [-0.25, -0.2) is 4.79 Å². The molecule has 17 heavy (non-hydrogen) atoms. The highest BCUT2D eigenvalue weighted by molar-refractivity contribution is 5.86. The number of nitrogens with zero attached hydrogens (tertiary/aromatic N) is 2. The van der Waals surface area contributed by atoms with Crippen molar-refractivity contribution in [2.75, 3.05) is 27.2 Å². The van der Waals surface area contributed by atoms with Crippen molar-refractivity contribution in [1.29, 1.82) is 0 Å². The van der Waals surface area contributed by atoms with Crippen LogP contribution in [0.15, 0.2) is 0 Å². The molecule has 7 heteroatoms. The minimum absolute atomic E-state index is 0.0678. The average Bonchev–Trinajstić information content (AvgIpc) is 2.24. The van der Waals surface area contributed by atoms with Gasteiger partial charge < -0.3 is 20.2 Å². The fraction of sp³-hybridized carbons (Fsp3) is 0.700. The maximum atomic E-state index is 11.6. The number of hydrogen-bond donors (Lipinski definition) is 2. The predicted octanol–water partition coefficient (Wildman–Crippen LogP) is -0.421. The van der Waals surface area contributed by atoms with Gasteiger partial charge in [0.15, 0.2) is 0 Å². The first-order chi connectivity index (χ1) is 7.79. The van der Waals surface area contributed by atoms with Crippen LogP contribution in [0.25, 0.3) is 0 Å². The maximum Gasteiger partial charge on any atom is 0.325 e. The van der Waals surface area contributed by atoms with Crippen molar-refractivity contribution in [2.24, 2.45) is 0 Å². The molecular formula is C10H19N3O4. The summed E-state index contributed by atoms with van der Waals surface area (Å²) in [6.45, 7) is 3.34. The Morgan fingerprint density at radius 1 is 1.29 bits per heavy atom. The second-order valence-corrected chi connectivity index (χ2v) is 3.81. The molecule has 0 fully saturated rings. The summed E-state index contributed by atoms with van der Waals surface area (Å²) in [5.41, 5.74) is 0. The lowest BCUT2D eigenvalue weighted by Crippen LogP contribution is -2.49. The Bertz CT molecular complexity index is 304. The van der Waals surface area contributed by atoms with Crippen molar-refractivity contribution >= 4 is 17.9 Å². The molecule has 0 bridgehead atoms. The number of rotatable bonds is 5. The van der Waals surface area contributed by atoms with Crippen LogP contribution in [-0.2, 0) is 9.59 Å². The third-order valence-corrected chi connectivity index (χ3v) is 2.20. The van der Waals surface area contributed by atoms with Crippen LogP contribution in [0.3, 0.4) is 0 Å². The molecule has 98 valence electrons. The van der Waals surface area contributed by atoms with Gasteiger partial charge in [-0.2, -0.15) is 0 Å². The molecule has 0 aromatic heterocycles. The van der Waals surface area contributed by atoms with Gasteiger partial charge >= 0.3 is 12.0 Å². The summed E-state index contributed by atoms with van der Waals surface area (Å²) in [7, 11) is 3.18. The SMILES string of the molecule is CCN(CC(=O)N(C)C)C(=O)NC(C)C(=O)O. The maximum absolute atomic E-state index is 11.6. The van der Waals surface area contributed by atoms with E-state index < -0.39 is 18.0 Å². The molecule has 0 aromatic rings. The van der Waals surface area contributed by atoms with Gasteiger partial charge in [-0.3, -0.25) is 9.59 Å². The van der Waals surface area contributed by atoms with Crippen LogP contribution >= 0.6 is 0 Å². The first-order valence-electron chi connectivity index (χ1n) is 5.28. The summed E-state index contributed by atoms with van der Waals surface area (Å²) in [4.78, 5) is 36.2. The van der Waals surface area contributed by atoms with Crippen LogP contribution in [0.5, 0.6) is 0 Å². The van der Waals surface area contributed by atoms with Gasteiger partial charge in [0.25, 0.3) is 0 Å². The first-order valence-corrected chi connectivity index (χ1v) is 5.28. The number of carboxylic acid groups (broad SMARTS) is 1. The van der Waals surface area contributed by atoms with E-state index >= 15 is 0 Å². The molecule has 0 radical (unpaired) electrons. The van der Waals surface area contributed by atoms with Crippen molar-refractivity contribution in [1.82, 2.24) is 15.1 Å². The Morgan fingerprint density at radius 3 is 2.18 bits per heavy atom. The van der Waals surface area contributed by atoms with Crippen LogP contribution < -0.4 is 5.32 Å². The monoisotopic (exact) mass is 245 g/mol. The summed E-state index contributed by atoms with van der Waals surface area (Å²) in [5.74, 6) is -1.33. The van der Waals surface area contributed by atoms with E-state index in [1.165, 1.54) is 16.7 Å². The van der Waals surface area contributed by atoms with Crippen LogP contribution in [0, 0.1) is 0 Å². The van der Waals surface area contributed by atoms with E-state index in [0.29, 0.717) is 6.54 Å². The number of urea groups is 1. The number of carbonyl (C=O) groups is 3. The molecule has 0 spiro atoms. The predicted molar refractivity (Wildman–Crippen MR) is 61.6 cm³/mol. The van der Waals surface area contributed by atoms with E-state index in [2.05, 4.69) is 5.32 Å². The minimum atomic E-state index is -1.12. The number of hydrogen-bond acceptors (Lipinski definition) is 3. The zero-order valence-electron chi connectivity index (χ0n) is 10.6. The van der Waals surface area contributed by atoms with Crippen molar-refractivity contribution < 1.29 is 19.5 Å². The Labute approximate surface area is 100 Å². The molecule has 0 aromatic carbocycles. The van der Waals surface area contributed by atoms with Crippen LogP contribution in [0.2, 0.25) is 0 Å². The van der Waals surface area contributed by atoms with Crippen molar-refractivity contribution in [2.45, 2.75) is 19.9 Å². The molecule has 0 aliphatic carbocycles. The Morgan fingerprint density at radius 2 is 1.82 bits per heavy atom. The zero-order valence-corrected chi connectivity index (χ0v) is 10.6. The van der Waals surface area contributed by atoms with Gasteiger partial charge in [-0.15, -0.1) is 0 Å². The van der Waals surface area contributed by atoms with Crippen molar-refractivity contribution in [3.63, 3.8) is 0 Å². The smallest absolute Gasteiger partial charge is 0.325 e. The molecule has 0 saturated carbocycles. The van der Waals surface area contributed by atoms with Gasteiger partial charge in [0.05, 0.1) is 0 Å². The summed E-state index contributed by atoms with van der Waals surface area (Å²) < 4.78 is 0. The average molecular weight is 245 g/mol. The zero-order chi connectivity index (χ0) is 13.6. The van der Waals surface area contributed by atoms with Crippen LogP contribution in [-0.4, -0.2) is 66.0 Å². The molecule has 2 N–H and O–H groups in total. The molecule has 0 aliphatic rings. The molecule has 7 nitrogen and oxygen atoms in total. The normalized spacial score (nSPS) is 11.5. The van der Waals surface area contributed by atoms with Crippen molar-refractivity contribution in [3.05, 3.63) is 0 Å². The van der Waals surface area contributed by atoms with Crippen LogP contribution in [0.1, 0.15) is 13.8 Å².